The molecule has 0 amide bonds. The summed E-state index contributed by atoms with van der Waals surface area (Å²) in [5.74, 6) is -0.302. The average Bonchev–Trinajstić information content (AvgIpc) is 2.83. The van der Waals surface area contributed by atoms with Gasteiger partial charge >= 0.3 is 0 Å². The Morgan fingerprint density at radius 3 is 2.50 bits per heavy atom. The van der Waals surface area contributed by atoms with Crippen molar-refractivity contribution in [2.75, 3.05) is 0 Å². The Hall–Kier alpha value is -1.55. The summed E-state index contributed by atoms with van der Waals surface area (Å²) < 4.78 is 19.3. The smallest absolute Gasteiger partial charge is 0.140 e. The minimum atomic E-state index is -1.22. The van der Waals surface area contributed by atoms with Crippen molar-refractivity contribution < 1.29 is 13.9 Å². The lowest BCUT2D eigenvalue weighted by molar-refractivity contribution is 0.187. The van der Waals surface area contributed by atoms with Gasteiger partial charge in [0.2, 0.25) is 0 Å². The minimum Gasteiger partial charge on any atom is -0.458 e. The lowest BCUT2D eigenvalue weighted by atomic mass is 10.1. The van der Waals surface area contributed by atoms with E-state index in [1.54, 1.807) is 24.3 Å². The van der Waals surface area contributed by atoms with Crippen molar-refractivity contribution >= 4 is 34.2 Å². The number of fused-ring (bicyclic) bond motifs is 1. The summed E-state index contributed by atoms with van der Waals surface area (Å²) in [6.45, 7) is 0. The van der Waals surface area contributed by atoms with Gasteiger partial charge in [0.15, 0.2) is 0 Å². The molecule has 0 aliphatic rings. The van der Waals surface area contributed by atoms with Crippen molar-refractivity contribution in [1.82, 2.24) is 0 Å². The molecule has 1 heterocycles. The van der Waals surface area contributed by atoms with Crippen LogP contribution >= 0.6 is 23.2 Å². The van der Waals surface area contributed by atoms with E-state index in [0.29, 0.717) is 15.6 Å². The van der Waals surface area contributed by atoms with Crippen LogP contribution < -0.4 is 0 Å². The fourth-order valence-corrected chi connectivity index (χ4v) is 2.41. The van der Waals surface area contributed by atoms with E-state index in [9.17, 15) is 9.50 Å². The van der Waals surface area contributed by atoms with E-state index in [4.69, 9.17) is 27.6 Å². The van der Waals surface area contributed by atoms with Crippen molar-refractivity contribution in [2.45, 2.75) is 6.10 Å². The van der Waals surface area contributed by atoms with Crippen molar-refractivity contribution in [3.8, 4) is 0 Å². The van der Waals surface area contributed by atoms with Crippen LogP contribution in [0.25, 0.3) is 11.0 Å². The van der Waals surface area contributed by atoms with Gasteiger partial charge in [-0.2, -0.15) is 0 Å². The molecular weight excluding hydrogens is 302 g/mol. The zero-order valence-electron chi connectivity index (χ0n) is 10.1. The highest BCUT2D eigenvalue weighted by Gasteiger charge is 2.19. The van der Waals surface area contributed by atoms with Gasteiger partial charge in [-0.15, -0.1) is 0 Å². The van der Waals surface area contributed by atoms with Crippen LogP contribution in [0.5, 0.6) is 0 Å². The Balaban J connectivity index is 2.07. The first kappa shape index (κ1) is 13.4. The van der Waals surface area contributed by atoms with Crippen LogP contribution in [-0.2, 0) is 0 Å². The number of halogens is 3. The Bertz CT molecular complexity index is 783. The molecule has 0 spiro atoms. The number of benzene rings is 2. The molecule has 3 rings (SSSR count). The summed E-state index contributed by atoms with van der Waals surface area (Å²) in [6, 6.07) is 10.7. The van der Waals surface area contributed by atoms with Gasteiger partial charge in [-0.25, -0.2) is 4.39 Å². The van der Waals surface area contributed by atoms with E-state index in [0.717, 1.165) is 5.39 Å². The van der Waals surface area contributed by atoms with Gasteiger partial charge in [0.1, 0.15) is 23.3 Å². The van der Waals surface area contributed by atoms with E-state index in [-0.39, 0.29) is 11.3 Å². The Kier molecular flexibility index (Phi) is 3.42. The van der Waals surface area contributed by atoms with Crippen LogP contribution in [0.3, 0.4) is 0 Å². The molecule has 2 aromatic carbocycles. The summed E-state index contributed by atoms with van der Waals surface area (Å²) in [5.41, 5.74) is 0.647. The Labute approximate surface area is 124 Å². The topological polar surface area (TPSA) is 33.4 Å². The lowest BCUT2D eigenvalue weighted by Gasteiger charge is -2.09. The van der Waals surface area contributed by atoms with Crippen molar-refractivity contribution in [2.24, 2.45) is 0 Å². The predicted octanol–water partition coefficient (Wildman–Crippen LogP) is 4.96. The molecule has 0 fully saturated rings. The molecular formula is C15H9Cl2FO2. The van der Waals surface area contributed by atoms with Crippen LogP contribution in [0.1, 0.15) is 17.4 Å². The first-order chi connectivity index (χ1) is 9.54. The SMILES string of the molecule is OC(c1cc2cc(Cl)ccc2o1)c1cc(Cl)ccc1F. The Morgan fingerprint density at radius 2 is 1.70 bits per heavy atom. The summed E-state index contributed by atoms with van der Waals surface area (Å²) >= 11 is 11.7. The molecule has 0 radical (unpaired) electrons. The zero-order valence-corrected chi connectivity index (χ0v) is 11.6. The maximum Gasteiger partial charge on any atom is 0.140 e. The van der Waals surface area contributed by atoms with E-state index in [1.165, 1.54) is 18.2 Å². The first-order valence-corrected chi connectivity index (χ1v) is 6.62. The molecule has 1 aromatic heterocycles. The maximum atomic E-state index is 13.7. The molecule has 1 atom stereocenters. The first-order valence-electron chi connectivity index (χ1n) is 5.86. The van der Waals surface area contributed by atoms with Crippen molar-refractivity contribution in [3.63, 3.8) is 0 Å². The third kappa shape index (κ3) is 2.40. The summed E-state index contributed by atoms with van der Waals surface area (Å²) in [4.78, 5) is 0. The van der Waals surface area contributed by atoms with E-state index < -0.39 is 11.9 Å². The molecule has 2 nitrogen and oxygen atoms in total. The van der Waals surface area contributed by atoms with E-state index >= 15 is 0 Å². The molecule has 0 aliphatic carbocycles. The highest BCUT2D eigenvalue weighted by molar-refractivity contribution is 6.31. The summed E-state index contributed by atoms with van der Waals surface area (Å²) in [7, 11) is 0. The molecule has 20 heavy (non-hydrogen) atoms. The van der Waals surface area contributed by atoms with Crippen molar-refractivity contribution in [3.05, 3.63) is 69.7 Å². The van der Waals surface area contributed by atoms with Crippen LogP contribution in [-0.4, -0.2) is 5.11 Å². The largest absolute Gasteiger partial charge is 0.458 e. The van der Waals surface area contributed by atoms with E-state index in [1.807, 2.05) is 0 Å². The van der Waals surface area contributed by atoms with Gasteiger partial charge in [-0.3, -0.25) is 0 Å². The molecule has 0 saturated carbocycles. The second-order valence-corrected chi connectivity index (χ2v) is 5.27. The number of hydrogen-bond donors (Lipinski definition) is 1. The predicted molar refractivity (Wildman–Crippen MR) is 76.7 cm³/mol. The monoisotopic (exact) mass is 310 g/mol. The van der Waals surface area contributed by atoms with Gasteiger partial charge < -0.3 is 9.52 Å². The van der Waals surface area contributed by atoms with Crippen LogP contribution in [0.2, 0.25) is 10.0 Å². The second kappa shape index (κ2) is 5.09. The van der Waals surface area contributed by atoms with Gasteiger partial charge in [0.05, 0.1) is 0 Å². The van der Waals surface area contributed by atoms with Crippen LogP contribution in [0, 0.1) is 5.82 Å². The molecule has 0 bridgehead atoms. The lowest BCUT2D eigenvalue weighted by Crippen LogP contribution is -2.01. The third-order valence-electron chi connectivity index (χ3n) is 3.02. The average molecular weight is 311 g/mol. The standard InChI is InChI=1S/C15H9Cl2FO2/c16-9-2-4-13-8(5-9)6-14(20-13)15(19)11-7-10(17)1-3-12(11)18/h1-7,15,19H. The number of rotatable bonds is 2. The fourth-order valence-electron chi connectivity index (χ4n) is 2.05. The van der Waals surface area contributed by atoms with Crippen LogP contribution in [0.4, 0.5) is 4.39 Å². The number of hydrogen-bond acceptors (Lipinski definition) is 2. The maximum absolute atomic E-state index is 13.7. The van der Waals surface area contributed by atoms with Gasteiger partial charge in [-0.1, -0.05) is 23.2 Å². The quantitative estimate of drug-likeness (QED) is 0.725. The fraction of sp³-hybridized carbons (Fsp3) is 0.0667. The zero-order chi connectivity index (χ0) is 14.3. The highest BCUT2D eigenvalue weighted by Crippen LogP contribution is 2.31. The van der Waals surface area contributed by atoms with Gasteiger partial charge in [-0.05, 0) is 42.5 Å². The normalized spacial score (nSPS) is 12.8. The Morgan fingerprint density at radius 1 is 1.00 bits per heavy atom. The van der Waals surface area contributed by atoms with Crippen LogP contribution in [0.15, 0.2) is 46.9 Å². The minimum absolute atomic E-state index is 0.0719. The van der Waals surface area contributed by atoms with Gasteiger partial charge in [0, 0.05) is 21.0 Å². The molecule has 102 valence electrons. The molecule has 1 N–H and O–H groups in total. The van der Waals surface area contributed by atoms with E-state index in [2.05, 4.69) is 0 Å². The number of aliphatic hydroxyl groups excluding tert-OH is 1. The summed E-state index contributed by atoms with van der Waals surface area (Å²) in [6.07, 6.45) is -1.22. The number of aliphatic hydroxyl groups is 1. The molecule has 0 saturated heterocycles. The van der Waals surface area contributed by atoms with Gasteiger partial charge in [0.25, 0.3) is 0 Å². The summed E-state index contributed by atoms with van der Waals surface area (Å²) in [5, 5.41) is 11.9. The molecule has 3 aromatic rings. The second-order valence-electron chi connectivity index (χ2n) is 4.40. The van der Waals surface area contributed by atoms with Crippen molar-refractivity contribution in [1.29, 1.82) is 0 Å². The molecule has 1 unspecified atom stereocenters. The highest BCUT2D eigenvalue weighted by atomic mass is 35.5. The molecule has 5 heteroatoms. The molecule has 0 aliphatic heterocycles. The third-order valence-corrected chi connectivity index (χ3v) is 3.49. The number of furan rings is 1.